The van der Waals surface area contributed by atoms with Crippen molar-refractivity contribution in [2.75, 3.05) is 13.2 Å². The first-order valence-electron chi connectivity index (χ1n) is 8.43. The highest BCUT2D eigenvalue weighted by Crippen LogP contribution is 2.29. The molecule has 0 unspecified atom stereocenters. The first kappa shape index (κ1) is 17.7. The number of hydrogen-bond acceptors (Lipinski definition) is 4. The lowest BCUT2D eigenvalue weighted by molar-refractivity contribution is 0.0464. The summed E-state index contributed by atoms with van der Waals surface area (Å²) in [6.07, 6.45) is -0.739. The highest BCUT2D eigenvalue weighted by atomic mass is 16.7. The largest absolute Gasteiger partial charge is 0.513 e. The summed E-state index contributed by atoms with van der Waals surface area (Å²) in [6, 6.07) is 26.9. The second-order valence-corrected chi connectivity index (χ2v) is 5.60. The molecule has 0 aliphatic heterocycles. The van der Waals surface area contributed by atoms with Gasteiger partial charge in [-0.1, -0.05) is 78.9 Å². The average molecular weight is 348 g/mol. The van der Waals surface area contributed by atoms with Gasteiger partial charge in [0.05, 0.1) is 13.2 Å². The maximum atomic E-state index is 11.9. The molecule has 4 nitrogen and oxygen atoms in total. The van der Waals surface area contributed by atoms with Crippen LogP contribution in [0.15, 0.2) is 84.9 Å². The zero-order valence-electron chi connectivity index (χ0n) is 14.3. The molecule has 0 amide bonds. The van der Waals surface area contributed by atoms with E-state index in [2.05, 4.69) is 0 Å². The van der Waals surface area contributed by atoms with Crippen molar-refractivity contribution < 1.29 is 19.0 Å². The Kier molecular flexibility index (Phi) is 6.40. The summed E-state index contributed by atoms with van der Waals surface area (Å²) >= 11 is 0. The molecule has 0 radical (unpaired) electrons. The van der Waals surface area contributed by atoms with E-state index in [1.165, 1.54) is 0 Å². The number of carbonyl (C=O) groups excluding carboxylic acids is 1. The van der Waals surface area contributed by atoms with Crippen molar-refractivity contribution in [2.24, 2.45) is 0 Å². The van der Waals surface area contributed by atoms with E-state index < -0.39 is 6.16 Å². The molecule has 0 N–H and O–H groups in total. The lowest BCUT2D eigenvalue weighted by Crippen LogP contribution is -2.14. The Hall–Kier alpha value is -3.11. The minimum Gasteiger partial charge on any atom is -0.432 e. The van der Waals surface area contributed by atoms with Gasteiger partial charge in [0.25, 0.3) is 0 Å². The van der Waals surface area contributed by atoms with Gasteiger partial charge in [0.1, 0.15) is 12.4 Å². The van der Waals surface area contributed by atoms with E-state index in [9.17, 15) is 4.79 Å². The number of para-hydroxylation sites is 1. The van der Waals surface area contributed by atoms with Gasteiger partial charge in [-0.05, 0) is 17.2 Å². The molecule has 0 saturated carbocycles. The first-order valence-corrected chi connectivity index (χ1v) is 8.43. The van der Waals surface area contributed by atoms with Gasteiger partial charge in [-0.2, -0.15) is 0 Å². The summed E-state index contributed by atoms with van der Waals surface area (Å²) in [5, 5.41) is 0. The molecule has 0 saturated heterocycles. The van der Waals surface area contributed by atoms with E-state index in [1.54, 1.807) is 6.07 Å². The summed E-state index contributed by atoms with van der Waals surface area (Å²) in [7, 11) is 0. The monoisotopic (exact) mass is 348 g/mol. The van der Waals surface area contributed by atoms with Crippen LogP contribution in [0.5, 0.6) is 5.75 Å². The summed E-state index contributed by atoms with van der Waals surface area (Å²) < 4.78 is 15.9. The van der Waals surface area contributed by atoms with Crippen LogP contribution in [0.1, 0.15) is 5.56 Å². The molecule has 0 aliphatic rings. The number of carbonyl (C=O) groups is 1. The Morgan fingerprint density at radius 3 is 2.15 bits per heavy atom. The minimum atomic E-state index is -0.739. The fourth-order valence-corrected chi connectivity index (χ4v) is 2.48. The Balaban J connectivity index is 1.47. The predicted octanol–water partition coefficient (Wildman–Crippen LogP) is 5.09. The van der Waals surface area contributed by atoms with Crippen LogP contribution in [0.3, 0.4) is 0 Å². The highest BCUT2D eigenvalue weighted by molar-refractivity contribution is 5.74. The Morgan fingerprint density at radius 2 is 1.38 bits per heavy atom. The van der Waals surface area contributed by atoms with Crippen molar-refractivity contribution >= 4 is 6.16 Å². The molecule has 0 atom stereocenters. The van der Waals surface area contributed by atoms with Crippen LogP contribution in [0.25, 0.3) is 11.1 Å². The van der Waals surface area contributed by atoms with Gasteiger partial charge in [-0.25, -0.2) is 4.79 Å². The van der Waals surface area contributed by atoms with E-state index >= 15 is 0 Å². The van der Waals surface area contributed by atoms with Gasteiger partial charge in [0.15, 0.2) is 0 Å². The van der Waals surface area contributed by atoms with Gasteiger partial charge in [0, 0.05) is 5.56 Å². The van der Waals surface area contributed by atoms with Crippen molar-refractivity contribution in [1.29, 1.82) is 0 Å². The van der Waals surface area contributed by atoms with Crippen molar-refractivity contribution in [3.8, 4) is 16.9 Å². The molecule has 0 spiro atoms. The maximum Gasteiger partial charge on any atom is 0.513 e. The van der Waals surface area contributed by atoms with Crippen LogP contribution >= 0.6 is 0 Å². The maximum absolute atomic E-state index is 11.9. The molecule has 0 fully saturated rings. The molecule has 0 bridgehead atoms. The zero-order chi connectivity index (χ0) is 18.0. The van der Waals surface area contributed by atoms with Crippen LogP contribution in [0.2, 0.25) is 0 Å². The van der Waals surface area contributed by atoms with Crippen molar-refractivity contribution in [2.45, 2.75) is 6.61 Å². The smallest absolute Gasteiger partial charge is 0.432 e. The molecule has 3 rings (SSSR count). The number of hydrogen-bond donors (Lipinski definition) is 0. The van der Waals surface area contributed by atoms with Gasteiger partial charge in [-0.15, -0.1) is 0 Å². The summed E-state index contributed by atoms with van der Waals surface area (Å²) in [4.78, 5) is 11.9. The number of ether oxygens (including phenoxy) is 3. The van der Waals surface area contributed by atoms with E-state index in [-0.39, 0.29) is 6.61 Å². The lowest BCUT2D eigenvalue weighted by atomic mass is 10.1. The van der Waals surface area contributed by atoms with Crippen molar-refractivity contribution in [3.05, 3.63) is 90.5 Å². The molecule has 3 aromatic rings. The van der Waals surface area contributed by atoms with Crippen LogP contribution in [-0.4, -0.2) is 19.4 Å². The molecule has 4 heteroatoms. The third-order valence-electron chi connectivity index (χ3n) is 3.72. The Morgan fingerprint density at radius 1 is 0.731 bits per heavy atom. The molecule has 0 heterocycles. The van der Waals surface area contributed by atoms with Gasteiger partial charge < -0.3 is 14.2 Å². The molecule has 0 aromatic heterocycles. The van der Waals surface area contributed by atoms with Gasteiger partial charge in [0.2, 0.25) is 0 Å². The second kappa shape index (κ2) is 9.39. The fourth-order valence-electron chi connectivity index (χ4n) is 2.48. The van der Waals surface area contributed by atoms with Gasteiger partial charge >= 0.3 is 6.16 Å². The third kappa shape index (κ3) is 5.19. The molecule has 0 aliphatic carbocycles. The number of benzene rings is 3. The van der Waals surface area contributed by atoms with Crippen LogP contribution in [-0.2, 0) is 16.1 Å². The minimum absolute atomic E-state index is 0.138. The van der Waals surface area contributed by atoms with E-state index in [0.29, 0.717) is 19.0 Å². The predicted molar refractivity (Wildman–Crippen MR) is 100.0 cm³/mol. The standard InChI is InChI=1S/C22H20O4/c23-22(25-16-15-24-17-18-9-3-1-4-10-18)26-21-14-8-7-13-20(21)19-11-5-2-6-12-19/h1-14H,15-17H2. The second-order valence-electron chi connectivity index (χ2n) is 5.60. The molecule has 3 aromatic carbocycles. The SMILES string of the molecule is O=C(OCCOCc1ccccc1)Oc1ccccc1-c1ccccc1. The molecule has 132 valence electrons. The summed E-state index contributed by atoms with van der Waals surface area (Å²) in [6.45, 7) is 0.930. The van der Waals surface area contributed by atoms with E-state index in [1.807, 2.05) is 78.9 Å². The van der Waals surface area contributed by atoms with E-state index in [0.717, 1.165) is 16.7 Å². The van der Waals surface area contributed by atoms with Gasteiger partial charge in [-0.3, -0.25) is 0 Å². The molecular formula is C22H20O4. The van der Waals surface area contributed by atoms with Crippen molar-refractivity contribution in [3.63, 3.8) is 0 Å². The van der Waals surface area contributed by atoms with Crippen LogP contribution in [0.4, 0.5) is 4.79 Å². The van der Waals surface area contributed by atoms with Crippen LogP contribution < -0.4 is 4.74 Å². The van der Waals surface area contributed by atoms with E-state index in [4.69, 9.17) is 14.2 Å². The topological polar surface area (TPSA) is 44.8 Å². The van der Waals surface area contributed by atoms with Crippen molar-refractivity contribution in [1.82, 2.24) is 0 Å². The summed E-state index contributed by atoms with van der Waals surface area (Å²) in [5.41, 5.74) is 2.89. The Labute approximate surface area is 153 Å². The average Bonchev–Trinajstić information content (AvgIpc) is 2.70. The lowest BCUT2D eigenvalue weighted by Gasteiger charge is -2.10. The Bertz CT molecular complexity index is 816. The quantitative estimate of drug-likeness (QED) is 0.339. The summed E-state index contributed by atoms with van der Waals surface area (Å²) in [5.74, 6) is 0.467. The van der Waals surface area contributed by atoms with Crippen LogP contribution in [0, 0.1) is 0 Å². The fraction of sp³-hybridized carbons (Fsp3) is 0.136. The molecular weight excluding hydrogens is 328 g/mol. The number of rotatable bonds is 7. The first-order chi connectivity index (χ1) is 12.8. The molecule has 26 heavy (non-hydrogen) atoms. The highest BCUT2D eigenvalue weighted by Gasteiger charge is 2.11. The third-order valence-corrected chi connectivity index (χ3v) is 3.72. The zero-order valence-corrected chi connectivity index (χ0v) is 14.3. The normalized spacial score (nSPS) is 10.3.